The molecule has 0 unspecified atom stereocenters. The molecule has 108 valence electrons. The highest BCUT2D eigenvalue weighted by atomic mass is 31.2. The molecule has 0 aromatic carbocycles. The first kappa shape index (κ1) is 16.2. The zero-order valence-electron chi connectivity index (χ0n) is 12.0. The summed E-state index contributed by atoms with van der Waals surface area (Å²) in [7, 11) is -2.87. The highest BCUT2D eigenvalue weighted by Gasteiger charge is 2.25. The molecule has 1 aliphatic carbocycles. The number of nitrogens with one attached hydrogen (secondary N) is 1. The average molecular weight is 277 g/mol. The van der Waals surface area contributed by atoms with E-state index >= 15 is 0 Å². The zero-order valence-corrected chi connectivity index (χ0v) is 12.9. The van der Waals surface area contributed by atoms with Gasteiger partial charge < -0.3 is 14.4 Å². The van der Waals surface area contributed by atoms with Crippen molar-refractivity contribution in [3.63, 3.8) is 0 Å². The summed E-state index contributed by atoms with van der Waals surface area (Å²) < 4.78 is 22.8. The molecule has 1 saturated carbocycles. The molecule has 0 amide bonds. The van der Waals surface area contributed by atoms with Gasteiger partial charge in [0.25, 0.3) is 0 Å². The minimum Gasteiger partial charge on any atom is -0.313 e. The second-order valence-electron chi connectivity index (χ2n) is 4.96. The third-order valence-electron chi connectivity index (χ3n) is 3.61. The van der Waals surface area contributed by atoms with E-state index in [1.54, 1.807) is 0 Å². The van der Waals surface area contributed by atoms with Crippen molar-refractivity contribution < 1.29 is 13.6 Å². The van der Waals surface area contributed by atoms with Gasteiger partial charge in [0, 0.05) is 12.6 Å². The van der Waals surface area contributed by atoms with Gasteiger partial charge in [-0.1, -0.05) is 12.8 Å². The molecule has 1 atom stereocenters. The van der Waals surface area contributed by atoms with E-state index in [4.69, 9.17) is 9.05 Å². The summed E-state index contributed by atoms with van der Waals surface area (Å²) in [4.78, 5) is 0. The highest BCUT2D eigenvalue weighted by molar-refractivity contribution is 7.53. The molecule has 0 bridgehead atoms. The Morgan fingerprint density at radius 3 is 2.28 bits per heavy atom. The second-order valence-corrected chi connectivity index (χ2v) is 7.14. The molecule has 1 fully saturated rings. The summed E-state index contributed by atoms with van der Waals surface area (Å²) in [5, 5.41) is 3.46. The maximum absolute atomic E-state index is 12.2. The second kappa shape index (κ2) is 8.31. The summed E-state index contributed by atoms with van der Waals surface area (Å²) in [6.07, 6.45) is 5.82. The van der Waals surface area contributed by atoms with Gasteiger partial charge in [-0.2, -0.15) is 0 Å². The summed E-state index contributed by atoms with van der Waals surface area (Å²) in [5.74, 6) is 0.781. The molecule has 1 aliphatic rings. The largest absolute Gasteiger partial charge is 0.331 e. The fraction of sp³-hybridized carbons (Fsp3) is 1.00. The molecule has 1 N–H and O–H groups in total. The maximum atomic E-state index is 12.2. The van der Waals surface area contributed by atoms with Gasteiger partial charge in [0.1, 0.15) is 0 Å². The molecule has 0 saturated heterocycles. The number of hydrogen-bond acceptors (Lipinski definition) is 4. The Morgan fingerprint density at radius 2 is 1.78 bits per heavy atom. The van der Waals surface area contributed by atoms with E-state index in [9.17, 15) is 4.57 Å². The Hall–Kier alpha value is 0.110. The fourth-order valence-electron chi connectivity index (χ4n) is 2.61. The number of hydrogen-bond donors (Lipinski definition) is 1. The van der Waals surface area contributed by atoms with E-state index in [0.717, 1.165) is 5.92 Å². The van der Waals surface area contributed by atoms with Crippen LogP contribution in [0.5, 0.6) is 0 Å². The quantitative estimate of drug-likeness (QED) is 0.656. The monoisotopic (exact) mass is 277 g/mol. The van der Waals surface area contributed by atoms with Crippen molar-refractivity contribution in [1.29, 1.82) is 0 Å². The van der Waals surface area contributed by atoms with Crippen LogP contribution < -0.4 is 5.32 Å². The van der Waals surface area contributed by atoms with Crippen molar-refractivity contribution in [2.24, 2.45) is 5.92 Å². The van der Waals surface area contributed by atoms with E-state index in [0.29, 0.717) is 32.0 Å². The van der Waals surface area contributed by atoms with Crippen LogP contribution in [0.15, 0.2) is 0 Å². The van der Waals surface area contributed by atoms with Crippen molar-refractivity contribution in [3.8, 4) is 0 Å². The van der Waals surface area contributed by atoms with Crippen LogP contribution in [0.3, 0.4) is 0 Å². The normalized spacial score (nSPS) is 19.3. The molecule has 0 radical (unpaired) electrons. The molecule has 0 aromatic heterocycles. The zero-order chi connectivity index (χ0) is 13.4. The predicted molar refractivity (Wildman–Crippen MR) is 75.1 cm³/mol. The molecule has 0 spiro atoms. The Morgan fingerprint density at radius 1 is 1.22 bits per heavy atom. The average Bonchev–Trinajstić information content (AvgIpc) is 2.82. The third kappa shape index (κ3) is 5.40. The van der Waals surface area contributed by atoms with Crippen LogP contribution in [-0.2, 0) is 13.6 Å². The Balaban J connectivity index is 2.27. The first-order valence-corrected chi connectivity index (χ1v) is 8.95. The fourth-order valence-corrected chi connectivity index (χ4v) is 4.14. The standard InChI is InChI=1S/C13H28NO3P/c1-4-16-18(15,17-5-2)11-10-14-12(3)13-8-6-7-9-13/h12-14H,4-11H2,1-3H3/t12-/m1/s1. The first-order valence-electron chi connectivity index (χ1n) is 7.22. The molecule has 5 heteroatoms. The van der Waals surface area contributed by atoms with E-state index in [1.807, 2.05) is 13.8 Å². The van der Waals surface area contributed by atoms with Gasteiger partial charge in [0.15, 0.2) is 0 Å². The molecule has 0 aliphatic heterocycles. The van der Waals surface area contributed by atoms with Gasteiger partial charge in [-0.3, -0.25) is 4.57 Å². The summed E-state index contributed by atoms with van der Waals surface area (Å²) >= 11 is 0. The van der Waals surface area contributed by atoms with Crippen LogP contribution >= 0.6 is 7.60 Å². The predicted octanol–water partition coefficient (Wildman–Crippen LogP) is 3.42. The lowest BCUT2D eigenvalue weighted by molar-refractivity contribution is 0.219. The van der Waals surface area contributed by atoms with Gasteiger partial charge in [-0.25, -0.2) is 0 Å². The van der Waals surface area contributed by atoms with Crippen LogP contribution in [0, 0.1) is 5.92 Å². The van der Waals surface area contributed by atoms with Crippen molar-refractivity contribution in [3.05, 3.63) is 0 Å². The van der Waals surface area contributed by atoms with Crippen molar-refractivity contribution >= 4 is 7.60 Å². The first-order chi connectivity index (χ1) is 8.61. The topological polar surface area (TPSA) is 47.6 Å². The van der Waals surface area contributed by atoms with E-state index in [2.05, 4.69) is 12.2 Å². The minimum atomic E-state index is -2.87. The summed E-state index contributed by atoms with van der Waals surface area (Å²) in [6, 6.07) is 0.504. The van der Waals surface area contributed by atoms with Crippen LogP contribution in [0.2, 0.25) is 0 Å². The molecule has 0 aromatic rings. The Kier molecular flexibility index (Phi) is 7.47. The molecule has 4 nitrogen and oxygen atoms in total. The van der Waals surface area contributed by atoms with Crippen LogP contribution in [0.4, 0.5) is 0 Å². The SMILES string of the molecule is CCOP(=O)(CCN[C@H](C)C1CCCC1)OCC. The lowest BCUT2D eigenvalue weighted by Crippen LogP contribution is -2.34. The van der Waals surface area contributed by atoms with Gasteiger partial charge in [-0.15, -0.1) is 0 Å². The van der Waals surface area contributed by atoms with Crippen molar-refractivity contribution in [1.82, 2.24) is 5.32 Å². The van der Waals surface area contributed by atoms with Gasteiger partial charge in [0.2, 0.25) is 0 Å². The third-order valence-corrected chi connectivity index (χ3v) is 5.69. The Labute approximate surface area is 111 Å². The summed E-state index contributed by atoms with van der Waals surface area (Å²) in [6.45, 7) is 7.50. The lowest BCUT2D eigenvalue weighted by atomic mass is 10.00. The Bertz CT molecular complexity index is 257. The van der Waals surface area contributed by atoms with Crippen molar-refractivity contribution in [2.75, 3.05) is 25.9 Å². The van der Waals surface area contributed by atoms with E-state index < -0.39 is 7.60 Å². The summed E-state index contributed by atoms with van der Waals surface area (Å²) in [5.41, 5.74) is 0. The van der Waals surface area contributed by atoms with Gasteiger partial charge >= 0.3 is 7.60 Å². The number of rotatable bonds is 9. The van der Waals surface area contributed by atoms with Crippen LogP contribution in [-0.4, -0.2) is 32.0 Å². The smallest absolute Gasteiger partial charge is 0.313 e. The van der Waals surface area contributed by atoms with Crippen LogP contribution in [0.1, 0.15) is 46.5 Å². The molecular formula is C13H28NO3P. The lowest BCUT2D eigenvalue weighted by Gasteiger charge is -2.22. The molecular weight excluding hydrogens is 249 g/mol. The maximum Gasteiger partial charge on any atom is 0.331 e. The van der Waals surface area contributed by atoms with E-state index in [1.165, 1.54) is 25.7 Å². The molecule has 0 heterocycles. The molecule has 18 heavy (non-hydrogen) atoms. The molecule has 1 rings (SSSR count). The van der Waals surface area contributed by atoms with Crippen molar-refractivity contribution in [2.45, 2.75) is 52.5 Å². The minimum absolute atomic E-state index is 0.440. The van der Waals surface area contributed by atoms with Gasteiger partial charge in [0.05, 0.1) is 19.4 Å². The van der Waals surface area contributed by atoms with Gasteiger partial charge in [-0.05, 0) is 39.5 Å². The van der Waals surface area contributed by atoms with E-state index in [-0.39, 0.29) is 0 Å². The van der Waals surface area contributed by atoms with Crippen LogP contribution in [0.25, 0.3) is 0 Å². The highest BCUT2D eigenvalue weighted by Crippen LogP contribution is 2.47.